The van der Waals surface area contributed by atoms with Gasteiger partial charge in [-0.1, -0.05) is 13.3 Å². The third-order valence-corrected chi connectivity index (χ3v) is 3.85. The van der Waals surface area contributed by atoms with Gasteiger partial charge in [-0.25, -0.2) is 4.98 Å². The van der Waals surface area contributed by atoms with Crippen LogP contribution in [0.2, 0.25) is 0 Å². The number of unbranched alkanes of at least 4 members (excludes halogenated alkanes) is 1. The van der Waals surface area contributed by atoms with Crippen molar-refractivity contribution in [1.29, 1.82) is 0 Å². The van der Waals surface area contributed by atoms with Gasteiger partial charge in [0.2, 0.25) is 0 Å². The maximum atomic E-state index is 12.3. The van der Waals surface area contributed by atoms with Crippen molar-refractivity contribution in [2.24, 2.45) is 0 Å². The van der Waals surface area contributed by atoms with Crippen molar-refractivity contribution in [1.82, 2.24) is 14.3 Å². The molecule has 0 radical (unpaired) electrons. The summed E-state index contributed by atoms with van der Waals surface area (Å²) < 4.78 is 1.93. The third-order valence-electron chi connectivity index (χ3n) is 2.94. The highest BCUT2D eigenvalue weighted by Crippen LogP contribution is 2.17. The summed E-state index contributed by atoms with van der Waals surface area (Å²) in [6, 6.07) is 0. The smallest absolute Gasteiger partial charge is 0.274 e. The highest BCUT2D eigenvalue weighted by atomic mass is 32.1. The Morgan fingerprint density at radius 1 is 1.44 bits per heavy atom. The zero-order chi connectivity index (χ0) is 13.1. The molecule has 0 atom stereocenters. The molecule has 0 aliphatic rings. The topological polar surface area (TPSA) is 37.6 Å². The molecule has 0 bridgehead atoms. The molecule has 0 unspecified atom stereocenters. The molecular formula is C13H19N3OS. The summed E-state index contributed by atoms with van der Waals surface area (Å²) in [6.07, 6.45) is 5.98. The van der Waals surface area contributed by atoms with E-state index in [1.54, 1.807) is 11.3 Å². The maximum absolute atomic E-state index is 12.3. The van der Waals surface area contributed by atoms with E-state index in [1.807, 2.05) is 35.5 Å². The van der Waals surface area contributed by atoms with Gasteiger partial charge in [0.15, 0.2) is 4.96 Å². The second-order valence-electron chi connectivity index (χ2n) is 4.40. The Balaban J connectivity index is 2.18. The Labute approximate surface area is 111 Å². The number of rotatable bonds is 5. The van der Waals surface area contributed by atoms with Crippen molar-refractivity contribution in [3.63, 3.8) is 0 Å². The van der Waals surface area contributed by atoms with Crippen LogP contribution >= 0.6 is 11.3 Å². The lowest BCUT2D eigenvalue weighted by Gasteiger charge is -2.19. The summed E-state index contributed by atoms with van der Waals surface area (Å²) in [5.74, 6) is 0.0412. The van der Waals surface area contributed by atoms with Crippen molar-refractivity contribution in [2.45, 2.75) is 33.6 Å². The summed E-state index contributed by atoms with van der Waals surface area (Å²) in [5.41, 5.74) is 0.555. The van der Waals surface area contributed by atoms with Gasteiger partial charge < -0.3 is 4.90 Å². The lowest BCUT2D eigenvalue weighted by molar-refractivity contribution is 0.0757. The number of carbonyl (C=O) groups is 1. The van der Waals surface area contributed by atoms with Crippen LogP contribution in [-0.4, -0.2) is 33.3 Å². The van der Waals surface area contributed by atoms with Gasteiger partial charge in [0.05, 0.1) is 0 Å². The quantitative estimate of drug-likeness (QED) is 0.833. The number of hydrogen-bond acceptors (Lipinski definition) is 3. The van der Waals surface area contributed by atoms with Crippen molar-refractivity contribution in [3.8, 4) is 0 Å². The number of fused-ring (bicyclic) bond motifs is 1. The van der Waals surface area contributed by atoms with E-state index in [1.165, 1.54) is 4.88 Å². The summed E-state index contributed by atoms with van der Waals surface area (Å²) in [5, 5.41) is 0. The molecule has 2 heterocycles. The molecule has 0 saturated heterocycles. The number of carbonyl (C=O) groups excluding carboxylic acids is 1. The Morgan fingerprint density at radius 2 is 2.22 bits per heavy atom. The van der Waals surface area contributed by atoms with Gasteiger partial charge in [0.25, 0.3) is 5.91 Å². The molecule has 4 nitrogen and oxygen atoms in total. The molecule has 5 heteroatoms. The van der Waals surface area contributed by atoms with E-state index < -0.39 is 0 Å². The van der Waals surface area contributed by atoms with Gasteiger partial charge in [-0.05, 0) is 20.3 Å². The van der Waals surface area contributed by atoms with Gasteiger partial charge in [-0.15, -0.1) is 11.3 Å². The molecule has 2 aromatic rings. The minimum Gasteiger partial charge on any atom is -0.338 e. The monoisotopic (exact) mass is 265 g/mol. The van der Waals surface area contributed by atoms with Crippen LogP contribution in [0.4, 0.5) is 0 Å². The van der Waals surface area contributed by atoms with Crippen LogP contribution < -0.4 is 0 Å². The third kappa shape index (κ3) is 2.56. The molecule has 0 aromatic carbocycles. The number of imidazole rings is 1. The second-order valence-corrected chi connectivity index (χ2v) is 5.61. The fourth-order valence-electron chi connectivity index (χ4n) is 1.93. The lowest BCUT2D eigenvalue weighted by Crippen LogP contribution is -2.31. The fourth-order valence-corrected chi connectivity index (χ4v) is 2.74. The molecule has 0 spiro atoms. The van der Waals surface area contributed by atoms with Crippen LogP contribution in [-0.2, 0) is 0 Å². The summed E-state index contributed by atoms with van der Waals surface area (Å²) in [4.78, 5) is 20.6. The number of nitrogens with zero attached hydrogens (tertiary/aromatic N) is 3. The Hall–Kier alpha value is -1.36. The molecule has 2 aromatic heterocycles. The van der Waals surface area contributed by atoms with E-state index in [-0.39, 0.29) is 5.91 Å². The molecule has 98 valence electrons. The van der Waals surface area contributed by atoms with E-state index in [2.05, 4.69) is 11.9 Å². The average molecular weight is 265 g/mol. The van der Waals surface area contributed by atoms with Crippen LogP contribution in [0, 0.1) is 6.92 Å². The van der Waals surface area contributed by atoms with Gasteiger partial charge in [0, 0.05) is 30.4 Å². The zero-order valence-corrected chi connectivity index (χ0v) is 12.0. The summed E-state index contributed by atoms with van der Waals surface area (Å²) >= 11 is 1.61. The fraction of sp³-hybridized carbons (Fsp3) is 0.538. The minimum atomic E-state index is 0.0412. The molecule has 0 saturated carbocycles. The van der Waals surface area contributed by atoms with Gasteiger partial charge in [0.1, 0.15) is 5.69 Å². The van der Waals surface area contributed by atoms with Crippen LogP contribution in [0.5, 0.6) is 0 Å². The molecule has 18 heavy (non-hydrogen) atoms. The molecule has 0 N–H and O–H groups in total. The number of hydrogen-bond donors (Lipinski definition) is 0. The highest BCUT2D eigenvalue weighted by Gasteiger charge is 2.17. The summed E-state index contributed by atoms with van der Waals surface area (Å²) in [7, 11) is 0. The van der Waals surface area contributed by atoms with Crippen molar-refractivity contribution in [3.05, 3.63) is 23.0 Å². The van der Waals surface area contributed by atoms with Gasteiger partial charge in [-0.2, -0.15) is 0 Å². The van der Waals surface area contributed by atoms with Crippen LogP contribution in [0.25, 0.3) is 4.96 Å². The van der Waals surface area contributed by atoms with Crippen molar-refractivity contribution >= 4 is 22.2 Å². The first-order valence-electron chi connectivity index (χ1n) is 6.40. The van der Waals surface area contributed by atoms with Crippen molar-refractivity contribution in [2.75, 3.05) is 13.1 Å². The predicted molar refractivity (Wildman–Crippen MR) is 74.3 cm³/mol. The first kappa shape index (κ1) is 13.1. The summed E-state index contributed by atoms with van der Waals surface area (Å²) in [6.45, 7) is 7.74. The van der Waals surface area contributed by atoms with E-state index in [9.17, 15) is 4.79 Å². The Morgan fingerprint density at radius 3 is 2.83 bits per heavy atom. The van der Waals surface area contributed by atoms with Crippen LogP contribution in [0.1, 0.15) is 42.1 Å². The first-order valence-corrected chi connectivity index (χ1v) is 7.21. The normalized spacial score (nSPS) is 11.1. The van der Waals surface area contributed by atoms with Gasteiger partial charge >= 0.3 is 0 Å². The van der Waals surface area contributed by atoms with E-state index in [0.717, 1.165) is 30.9 Å². The number of thiazole rings is 1. The minimum absolute atomic E-state index is 0.0412. The lowest BCUT2D eigenvalue weighted by atomic mass is 10.3. The van der Waals surface area contributed by atoms with E-state index in [0.29, 0.717) is 5.69 Å². The maximum Gasteiger partial charge on any atom is 0.274 e. The van der Waals surface area contributed by atoms with E-state index in [4.69, 9.17) is 0 Å². The van der Waals surface area contributed by atoms with Crippen molar-refractivity contribution < 1.29 is 4.79 Å². The molecule has 1 amide bonds. The molecule has 0 aliphatic heterocycles. The predicted octanol–water partition coefficient (Wildman–Crippen LogP) is 2.97. The average Bonchev–Trinajstić information content (AvgIpc) is 2.86. The molecular weight excluding hydrogens is 246 g/mol. The molecule has 2 rings (SSSR count). The first-order chi connectivity index (χ1) is 8.65. The number of aromatic nitrogens is 2. The Kier molecular flexibility index (Phi) is 4.01. The van der Waals surface area contributed by atoms with Gasteiger partial charge in [-0.3, -0.25) is 9.20 Å². The number of amides is 1. The molecule has 0 fully saturated rings. The number of aryl methyl sites for hydroxylation is 1. The van der Waals surface area contributed by atoms with Crippen LogP contribution in [0.15, 0.2) is 12.4 Å². The second kappa shape index (κ2) is 5.52. The standard InChI is InChI=1S/C13H19N3OS/c1-4-6-7-15(5-2)12(17)11-9-16-8-10(3)18-13(16)14-11/h8-9H,4-7H2,1-3H3. The van der Waals surface area contributed by atoms with E-state index >= 15 is 0 Å². The largest absolute Gasteiger partial charge is 0.338 e. The van der Waals surface area contributed by atoms with Crippen LogP contribution in [0.3, 0.4) is 0 Å². The highest BCUT2D eigenvalue weighted by molar-refractivity contribution is 7.17. The SMILES string of the molecule is CCCCN(CC)C(=O)c1cn2cc(C)sc2n1. The zero-order valence-electron chi connectivity index (χ0n) is 11.1. The molecule has 0 aliphatic carbocycles. The Bertz CT molecular complexity index is 512.